The van der Waals surface area contributed by atoms with E-state index in [1.54, 1.807) is 0 Å². The van der Waals surface area contributed by atoms with Crippen LogP contribution in [0.25, 0.3) is 0 Å². The predicted molar refractivity (Wildman–Crippen MR) is 284 cm³/mol. The molecule has 0 aliphatic rings. The van der Waals surface area contributed by atoms with Crippen LogP contribution in [0.2, 0.25) is 0 Å². The zero-order valence-electron chi connectivity index (χ0n) is 45.3. The molecular weight excluding hydrogens is 817 g/mol. The monoisotopic (exact) mass is 933 g/mol. The van der Waals surface area contributed by atoms with Crippen molar-refractivity contribution in [2.24, 2.45) is 11.8 Å². The average molecular weight is 934 g/mol. The van der Waals surface area contributed by atoms with Gasteiger partial charge in [0.05, 0.1) is 0 Å². The zero-order valence-corrected chi connectivity index (χ0v) is 45.3. The molecule has 0 aliphatic carbocycles. The molecule has 0 saturated heterocycles. The fourth-order valence-electron chi connectivity index (χ4n) is 9.20. The number of carbonyl (C=O) groups is 3. The van der Waals surface area contributed by atoms with Gasteiger partial charge < -0.3 is 14.2 Å². The van der Waals surface area contributed by atoms with Crippen molar-refractivity contribution in [1.82, 2.24) is 0 Å². The maximum atomic E-state index is 12.9. The molecule has 0 aliphatic heterocycles. The summed E-state index contributed by atoms with van der Waals surface area (Å²) >= 11 is 0. The van der Waals surface area contributed by atoms with Crippen molar-refractivity contribution in [3.63, 3.8) is 0 Å². The summed E-state index contributed by atoms with van der Waals surface area (Å²) in [5, 5.41) is 0. The van der Waals surface area contributed by atoms with Crippen molar-refractivity contribution in [2.75, 3.05) is 13.2 Å². The van der Waals surface area contributed by atoms with E-state index in [0.29, 0.717) is 19.3 Å². The van der Waals surface area contributed by atoms with Gasteiger partial charge in [-0.1, -0.05) is 298 Å². The Morgan fingerprint density at radius 3 is 0.864 bits per heavy atom. The zero-order chi connectivity index (χ0) is 48.2. The minimum Gasteiger partial charge on any atom is -0.462 e. The van der Waals surface area contributed by atoms with Crippen LogP contribution in [-0.2, 0) is 28.6 Å². The van der Waals surface area contributed by atoms with Gasteiger partial charge >= 0.3 is 17.9 Å². The molecule has 0 saturated carbocycles. The van der Waals surface area contributed by atoms with Crippen LogP contribution in [0.3, 0.4) is 0 Å². The third kappa shape index (κ3) is 51.8. The van der Waals surface area contributed by atoms with Gasteiger partial charge in [0.25, 0.3) is 0 Å². The molecule has 0 aromatic heterocycles. The van der Waals surface area contributed by atoms with Gasteiger partial charge in [-0.2, -0.15) is 0 Å². The molecule has 0 amide bonds. The second kappa shape index (κ2) is 52.8. The molecule has 0 N–H and O–H groups in total. The number of hydrogen-bond acceptors (Lipinski definition) is 6. The lowest BCUT2D eigenvalue weighted by atomic mass is 9.99. The Morgan fingerprint density at radius 2 is 0.576 bits per heavy atom. The number of carbonyl (C=O) groups excluding carboxylic acids is 3. The minimum atomic E-state index is -0.763. The van der Waals surface area contributed by atoms with Crippen LogP contribution in [0.15, 0.2) is 0 Å². The van der Waals surface area contributed by atoms with Crippen molar-refractivity contribution in [3.05, 3.63) is 0 Å². The lowest BCUT2D eigenvalue weighted by Gasteiger charge is -2.18. The first-order valence-corrected chi connectivity index (χ1v) is 29.8. The molecule has 0 radical (unpaired) electrons. The molecule has 0 spiro atoms. The molecule has 1 unspecified atom stereocenters. The third-order valence-corrected chi connectivity index (χ3v) is 14.1. The smallest absolute Gasteiger partial charge is 0.306 e. The summed E-state index contributed by atoms with van der Waals surface area (Å²) in [6.45, 7) is 11.5. The molecule has 0 aromatic carbocycles. The van der Waals surface area contributed by atoms with Crippen molar-refractivity contribution in [3.8, 4) is 0 Å². The van der Waals surface area contributed by atoms with Gasteiger partial charge in [0, 0.05) is 19.3 Å². The second-order valence-electron chi connectivity index (χ2n) is 21.4. The fraction of sp³-hybridized carbons (Fsp3) is 0.950. The van der Waals surface area contributed by atoms with Gasteiger partial charge in [0.2, 0.25) is 0 Å². The fourth-order valence-corrected chi connectivity index (χ4v) is 9.20. The lowest BCUT2D eigenvalue weighted by Crippen LogP contribution is -2.30. The molecule has 6 heteroatoms. The van der Waals surface area contributed by atoms with Crippen LogP contribution in [0.4, 0.5) is 0 Å². The highest BCUT2D eigenvalue weighted by Gasteiger charge is 2.19. The Kier molecular flexibility index (Phi) is 51.5. The first kappa shape index (κ1) is 64.4. The van der Waals surface area contributed by atoms with E-state index in [-0.39, 0.29) is 31.1 Å². The highest BCUT2D eigenvalue weighted by Crippen LogP contribution is 2.19. The summed E-state index contributed by atoms with van der Waals surface area (Å²) in [5.41, 5.74) is 0. The lowest BCUT2D eigenvalue weighted by molar-refractivity contribution is -0.167. The Morgan fingerprint density at radius 1 is 0.318 bits per heavy atom. The summed E-state index contributed by atoms with van der Waals surface area (Å²) in [6.07, 6.45) is 56.6. The van der Waals surface area contributed by atoms with Gasteiger partial charge in [-0.3, -0.25) is 14.4 Å². The standard InChI is InChI=1S/C60H116O6/c1-6-8-9-10-11-12-13-20-24-30-35-40-45-50-58(61)64-53-57(54-65-59(62)51-46-41-36-31-27-26-29-34-39-44-49-56(5)7-2)66-60(63)52-47-42-37-32-25-22-19-17-15-14-16-18-21-23-28-33-38-43-48-55(3)4/h55-57H,6-54H2,1-5H3/t56?,57-/m1/s1. The van der Waals surface area contributed by atoms with Crippen molar-refractivity contribution in [1.29, 1.82) is 0 Å². The minimum absolute atomic E-state index is 0.0626. The maximum absolute atomic E-state index is 12.9. The van der Waals surface area contributed by atoms with Crippen LogP contribution < -0.4 is 0 Å². The molecule has 6 nitrogen and oxygen atoms in total. The van der Waals surface area contributed by atoms with E-state index in [4.69, 9.17) is 14.2 Å². The summed E-state index contributed by atoms with van der Waals surface area (Å²) in [7, 11) is 0. The number of unbranched alkanes of at least 4 members (excludes halogenated alkanes) is 38. The molecule has 0 heterocycles. The molecule has 0 rings (SSSR count). The van der Waals surface area contributed by atoms with Gasteiger partial charge in [-0.15, -0.1) is 0 Å². The molecule has 392 valence electrons. The van der Waals surface area contributed by atoms with Crippen molar-refractivity contribution in [2.45, 2.75) is 343 Å². The largest absolute Gasteiger partial charge is 0.462 e. The van der Waals surface area contributed by atoms with E-state index in [9.17, 15) is 14.4 Å². The van der Waals surface area contributed by atoms with E-state index in [0.717, 1.165) is 69.6 Å². The van der Waals surface area contributed by atoms with Gasteiger partial charge in [0.1, 0.15) is 13.2 Å². The van der Waals surface area contributed by atoms with Crippen molar-refractivity contribution >= 4 is 17.9 Å². The quantitative estimate of drug-likeness (QED) is 0.0343. The van der Waals surface area contributed by atoms with Crippen LogP contribution in [0, 0.1) is 11.8 Å². The van der Waals surface area contributed by atoms with Gasteiger partial charge in [0.15, 0.2) is 6.10 Å². The normalized spacial score (nSPS) is 12.5. The summed E-state index contributed by atoms with van der Waals surface area (Å²) in [6, 6.07) is 0. The van der Waals surface area contributed by atoms with Gasteiger partial charge in [-0.05, 0) is 31.1 Å². The van der Waals surface area contributed by atoms with Crippen LogP contribution >= 0.6 is 0 Å². The molecular formula is C60H116O6. The topological polar surface area (TPSA) is 78.9 Å². The summed E-state index contributed by atoms with van der Waals surface area (Å²) in [4.78, 5) is 38.2. The van der Waals surface area contributed by atoms with Gasteiger partial charge in [-0.25, -0.2) is 0 Å². The van der Waals surface area contributed by atoms with E-state index in [1.165, 1.54) is 225 Å². The van der Waals surface area contributed by atoms with E-state index in [1.807, 2.05) is 0 Å². The maximum Gasteiger partial charge on any atom is 0.306 e. The highest BCUT2D eigenvalue weighted by molar-refractivity contribution is 5.71. The Balaban J connectivity index is 4.26. The van der Waals surface area contributed by atoms with Crippen molar-refractivity contribution < 1.29 is 28.6 Å². The Bertz CT molecular complexity index is 1010. The molecule has 0 bridgehead atoms. The number of ether oxygens (including phenoxy) is 3. The van der Waals surface area contributed by atoms with Crippen LogP contribution in [-0.4, -0.2) is 37.2 Å². The highest BCUT2D eigenvalue weighted by atomic mass is 16.6. The summed E-state index contributed by atoms with van der Waals surface area (Å²) in [5.74, 6) is 0.890. The number of esters is 3. The molecule has 0 aromatic rings. The molecule has 0 fully saturated rings. The summed E-state index contributed by atoms with van der Waals surface area (Å²) < 4.78 is 16.9. The van der Waals surface area contributed by atoms with E-state index >= 15 is 0 Å². The average Bonchev–Trinajstić information content (AvgIpc) is 3.30. The second-order valence-corrected chi connectivity index (χ2v) is 21.4. The Labute approximate surface area is 412 Å². The van der Waals surface area contributed by atoms with E-state index < -0.39 is 6.10 Å². The number of rotatable bonds is 54. The number of hydrogen-bond donors (Lipinski definition) is 0. The van der Waals surface area contributed by atoms with E-state index in [2.05, 4.69) is 34.6 Å². The predicted octanol–water partition coefficient (Wildman–Crippen LogP) is 19.7. The third-order valence-electron chi connectivity index (χ3n) is 14.1. The van der Waals surface area contributed by atoms with Crippen LogP contribution in [0.5, 0.6) is 0 Å². The first-order valence-electron chi connectivity index (χ1n) is 29.8. The van der Waals surface area contributed by atoms with Crippen LogP contribution in [0.1, 0.15) is 336 Å². The Hall–Kier alpha value is -1.59. The SMILES string of the molecule is CCCCCCCCCCCCCCCC(=O)OC[C@H](COC(=O)CCCCCCCCCCCCC(C)CC)OC(=O)CCCCCCCCCCCCCCCCCCCCC(C)C. The molecule has 2 atom stereocenters. The molecule has 66 heavy (non-hydrogen) atoms. The first-order chi connectivity index (χ1) is 32.3.